The zero-order chi connectivity index (χ0) is 42.0. The minimum absolute atomic E-state index is 1.08. The second-order valence-electron chi connectivity index (χ2n) is 16.1. The van der Waals surface area contributed by atoms with E-state index in [2.05, 4.69) is 277 Å². The van der Waals surface area contributed by atoms with Crippen LogP contribution in [0, 0.1) is 0 Å². The number of rotatable bonds is 9. The number of fused-ring (bicyclic) bond motifs is 2. The molecular formula is C60H44N2Si. The fraction of sp³-hybridized carbons (Fsp3) is 0. The molecule has 0 bridgehead atoms. The highest BCUT2D eigenvalue weighted by Gasteiger charge is 2.49. The molecule has 1 aliphatic heterocycles. The van der Waals surface area contributed by atoms with Gasteiger partial charge in [-0.05, 0) is 97.1 Å². The van der Waals surface area contributed by atoms with Crippen molar-refractivity contribution in [3.05, 3.63) is 267 Å². The summed E-state index contributed by atoms with van der Waals surface area (Å²) in [6.45, 7) is 0. The molecule has 0 amide bonds. The third-order valence-electron chi connectivity index (χ3n) is 12.5. The molecule has 1 aliphatic rings. The normalized spacial score (nSPS) is 12.5. The summed E-state index contributed by atoms with van der Waals surface area (Å²) in [5.41, 5.74) is 13.9. The Balaban J connectivity index is 1.14. The maximum Gasteiger partial charge on any atom is 0.184 e. The van der Waals surface area contributed by atoms with E-state index in [4.69, 9.17) is 0 Å². The summed E-state index contributed by atoms with van der Waals surface area (Å²) in [5, 5.41) is 5.47. The number of benzene rings is 10. The highest BCUT2D eigenvalue weighted by Crippen LogP contribution is 2.45. The van der Waals surface area contributed by atoms with Gasteiger partial charge in [0.15, 0.2) is 8.07 Å². The van der Waals surface area contributed by atoms with Crippen molar-refractivity contribution in [3.63, 3.8) is 0 Å². The average Bonchev–Trinajstić information content (AvgIpc) is 3.37. The van der Waals surface area contributed by atoms with Gasteiger partial charge in [0.05, 0.1) is 5.69 Å². The van der Waals surface area contributed by atoms with Gasteiger partial charge in [-0.15, -0.1) is 0 Å². The lowest BCUT2D eigenvalue weighted by molar-refractivity contribution is 1.25. The number of hydrogen-bond acceptors (Lipinski definition) is 2. The van der Waals surface area contributed by atoms with Crippen molar-refractivity contribution in [2.24, 2.45) is 0 Å². The van der Waals surface area contributed by atoms with E-state index < -0.39 is 8.07 Å². The van der Waals surface area contributed by atoms with Crippen LogP contribution in [0.3, 0.4) is 0 Å². The predicted molar refractivity (Wildman–Crippen MR) is 269 cm³/mol. The van der Waals surface area contributed by atoms with Gasteiger partial charge in [0.1, 0.15) is 0 Å². The molecule has 0 aliphatic carbocycles. The second kappa shape index (κ2) is 16.5. The van der Waals surface area contributed by atoms with E-state index >= 15 is 0 Å². The summed E-state index contributed by atoms with van der Waals surface area (Å²) in [6.07, 6.45) is 0. The van der Waals surface area contributed by atoms with E-state index in [0.29, 0.717) is 0 Å². The first kappa shape index (κ1) is 38.0. The van der Waals surface area contributed by atoms with Crippen molar-refractivity contribution in [1.82, 2.24) is 0 Å². The first-order chi connectivity index (χ1) is 31.3. The van der Waals surface area contributed by atoms with E-state index in [9.17, 15) is 0 Å². The van der Waals surface area contributed by atoms with Gasteiger partial charge < -0.3 is 9.80 Å². The van der Waals surface area contributed by atoms with Gasteiger partial charge in [-0.2, -0.15) is 0 Å². The Morgan fingerprint density at radius 1 is 0.302 bits per heavy atom. The predicted octanol–water partition coefficient (Wildman–Crippen LogP) is 13.3. The topological polar surface area (TPSA) is 6.48 Å². The molecule has 0 fully saturated rings. The third kappa shape index (κ3) is 6.76. The van der Waals surface area contributed by atoms with E-state index in [1.807, 2.05) is 0 Å². The molecule has 0 saturated carbocycles. The minimum Gasteiger partial charge on any atom is -0.311 e. The summed E-state index contributed by atoms with van der Waals surface area (Å²) in [5.74, 6) is 0. The monoisotopic (exact) mass is 820 g/mol. The quantitative estimate of drug-likeness (QED) is 0.134. The van der Waals surface area contributed by atoms with E-state index in [1.165, 1.54) is 65.5 Å². The Hall–Kier alpha value is -7.98. The Morgan fingerprint density at radius 2 is 0.730 bits per heavy atom. The molecule has 10 aromatic rings. The van der Waals surface area contributed by atoms with Crippen LogP contribution in [0.15, 0.2) is 267 Å². The zero-order valence-corrected chi connectivity index (χ0v) is 35.8. The fourth-order valence-corrected chi connectivity index (χ4v) is 14.8. The third-order valence-corrected chi connectivity index (χ3v) is 17.4. The highest BCUT2D eigenvalue weighted by molar-refractivity contribution is 7.21. The van der Waals surface area contributed by atoms with Crippen LogP contribution in [0.25, 0.3) is 33.4 Å². The van der Waals surface area contributed by atoms with Gasteiger partial charge in [-0.3, -0.25) is 0 Å². The molecule has 0 aromatic heterocycles. The van der Waals surface area contributed by atoms with Crippen molar-refractivity contribution < 1.29 is 0 Å². The Bertz CT molecular complexity index is 3100. The van der Waals surface area contributed by atoms with E-state index in [1.54, 1.807) is 0 Å². The molecule has 0 unspecified atom stereocenters. The standard InChI is InChI=1S/C60H44N2Si/c1-6-20-45(21-7-1)46-34-36-47(37-35-46)48-38-40-51(41-39-48)61(56-31-17-16-30-55(56)49-22-8-2-9-23-49)52-42-43-60-58(44-52)62(50-24-10-3-11-25-50)57-32-18-19-33-59(57)63(60,53-26-12-4-13-27-53)54-28-14-5-15-29-54/h1-44H. The van der Waals surface area contributed by atoms with Gasteiger partial charge in [0.25, 0.3) is 0 Å². The molecule has 63 heavy (non-hydrogen) atoms. The molecule has 2 nitrogen and oxygen atoms in total. The van der Waals surface area contributed by atoms with Crippen LogP contribution in [0.4, 0.5) is 34.1 Å². The molecule has 0 N–H and O–H groups in total. The van der Waals surface area contributed by atoms with Crippen LogP contribution >= 0.6 is 0 Å². The zero-order valence-electron chi connectivity index (χ0n) is 34.8. The minimum atomic E-state index is -2.86. The van der Waals surface area contributed by atoms with Crippen molar-refractivity contribution in [3.8, 4) is 33.4 Å². The smallest absolute Gasteiger partial charge is 0.184 e. The molecule has 0 spiro atoms. The van der Waals surface area contributed by atoms with Gasteiger partial charge in [-0.25, -0.2) is 0 Å². The molecule has 0 saturated heterocycles. The lowest BCUT2D eigenvalue weighted by atomic mass is 9.99. The summed E-state index contributed by atoms with van der Waals surface area (Å²) >= 11 is 0. The van der Waals surface area contributed by atoms with E-state index in [0.717, 1.165) is 22.7 Å². The number of para-hydroxylation sites is 3. The Labute approximate surface area is 371 Å². The van der Waals surface area contributed by atoms with Gasteiger partial charge >= 0.3 is 0 Å². The SMILES string of the molecule is c1ccc(-c2ccc(-c3ccc(N(c4ccc5c(c4)N(c4ccccc4)c4ccccc4[Si]5(c4ccccc4)c4ccccc4)c4ccccc4-c4ccccc4)cc3)cc2)cc1. The van der Waals surface area contributed by atoms with Gasteiger partial charge in [0.2, 0.25) is 0 Å². The molecule has 10 aromatic carbocycles. The maximum atomic E-state index is 2.49. The summed E-state index contributed by atoms with van der Waals surface area (Å²) in [4.78, 5) is 4.94. The molecule has 298 valence electrons. The summed E-state index contributed by atoms with van der Waals surface area (Å²) < 4.78 is 0. The van der Waals surface area contributed by atoms with Crippen LogP contribution in [0.1, 0.15) is 0 Å². The first-order valence-corrected chi connectivity index (χ1v) is 23.7. The fourth-order valence-electron chi connectivity index (χ4n) is 9.69. The van der Waals surface area contributed by atoms with Crippen molar-refractivity contribution in [2.45, 2.75) is 0 Å². The lowest BCUT2D eigenvalue weighted by Gasteiger charge is -2.45. The van der Waals surface area contributed by atoms with Crippen LogP contribution in [0.2, 0.25) is 0 Å². The van der Waals surface area contributed by atoms with Gasteiger partial charge in [0, 0.05) is 34.0 Å². The van der Waals surface area contributed by atoms with Crippen molar-refractivity contribution in [1.29, 1.82) is 0 Å². The lowest BCUT2D eigenvalue weighted by Crippen LogP contribution is -2.77. The van der Waals surface area contributed by atoms with Crippen LogP contribution in [-0.4, -0.2) is 8.07 Å². The summed E-state index contributed by atoms with van der Waals surface area (Å²) in [6, 6.07) is 97.9. The highest BCUT2D eigenvalue weighted by atomic mass is 28.3. The maximum absolute atomic E-state index is 2.86. The number of hydrogen-bond donors (Lipinski definition) is 0. The molecule has 1 heterocycles. The molecule has 0 radical (unpaired) electrons. The largest absolute Gasteiger partial charge is 0.311 e. The van der Waals surface area contributed by atoms with Crippen LogP contribution in [-0.2, 0) is 0 Å². The molecular weight excluding hydrogens is 777 g/mol. The summed E-state index contributed by atoms with van der Waals surface area (Å²) in [7, 11) is -2.86. The second-order valence-corrected chi connectivity index (χ2v) is 19.8. The molecule has 0 atom stereocenters. The van der Waals surface area contributed by atoms with E-state index in [-0.39, 0.29) is 0 Å². The molecule has 11 rings (SSSR count). The molecule has 3 heteroatoms. The van der Waals surface area contributed by atoms with Gasteiger partial charge in [-0.1, -0.05) is 218 Å². The van der Waals surface area contributed by atoms with Crippen molar-refractivity contribution >= 4 is 62.9 Å². The average molecular weight is 821 g/mol. The van der Waals surface area contributed by atoms with Crippen LogP contribution < -0.4 is 30.5 Å². The first-order valence-electron chi connectivity index (χ1n) is 21.7. The number of anilines is 6. The Kier molecular flexibility index (Phi) is 9.93. The number of nitrogens with zero attached hydrogens (tertiary/aromatic N) is 2. The Morgan fingerprint density at radius 3 is 1.33 bits per heavy atom. The van der Waals surface area contributed by atoms with Crippen LogP contribution in [0.5, 0.6) is 0 Å². The van der Waals surface area contributed by atoms with Crippen molar-refractivity contribution in [2.75, 3.05) is 9.80 Å².